The number of ether oxygens (including phenoxy) is 1. The molecule has 92 valence electrons. The van der Waals surface area contributed by atoms with Crippen LogP contribution in [0.25, 0.3) is 11.0 Å². The summed E-state index contributed by atoms with van der Waals surface area (Å²) >= 11 is 0. The van der Waals surface area contributed by atoms with Crippen molar-refractivity contribution in [2.75, 3.05) is 13.7 Å². The van der Waals surface area contributed by atoms with E-state index in [4.69, 9.17) is 4.74 Å². The van der Waals surface area contributed by atoms with Crippen molar-refractivity contribution < 1.29 is 4.74 Å². The minimum absolute atomic E-state index is 0.227. The third-order valence-electron chi connectivity index (χ3n) is 3.00. The van der Waals surface area contributed by atoms with Crippen LogP contribution >= 0.6 is 0 Å². The van der Waals surface area contributed by atoms with Gasteiger partial charge in [0.15, 0.2) is 0 Å². The van der Waals surface area contributed by atoms with Crippen LogP contribution in [0.3, 0.4) is 0 Å². The first-order valence-electron chi connectivity index (χ1n) is 5.86. The van der Waals surface area contributed by atoms with Crippen molar-refractivity contribution in [3.63, 3.8) is 0 Å². The van der Waals surface area contributed by atoms with E-state index in [1.54, 1.807) is 7.11 Å². The van der Waals surface area contributed by atoms with Gasteiger partial charge in [0.05, 0.1) is 23.7 Å². The molecule has 1 atom stereocenters. The molecule has 17 heavy (non-hydrogen) atoms. The number of imidazole rings is 1. The maximum absolute atomic E-state index is 5.19. The highest BCUT2D eigenvalue weighted by Gasteiger charge is 2.06. The average molecular weight is 233 g/mol. The highest BCUT2D eigenvalue weighted by atomic mass is 16.5. The van der Waals surface area contributed by atoms with Gasteiger partial charge in [-0.3, -0.25) is 0 Å². The number of aromatic nitrogens is 2. The molecule has 0 aliphatic rings. The molecule has 0 aliphatic heterocycles. The second-order valence-corrected chi connectivity index (χ2v) is 4.25. The molecule has 1 aromatic carbocycles. The molecule has 0 saturated heterocycles. The first kappa shape index (κ1) is 12.1. The fourth-order valence-corrected chi connectivity index (χ4v) is 1.82. The first-order valence-corrected chi connectivity index (χ1v) is 5.86. The van der Waals surface area contributed by atoms with E-state index in [1.807, 2.05) is 32.2 Å². The van der Waals surface area contributed by atoms with Crippen molar-refractivity contribution in [3.8, 4) is 0 Å². The fraction of sp³-hybridized carbons (Fsp3) is 0.462. The number of benzene rings is 1. The van der Waals surface area contributed by atoms with E-state index in [-0.39, 0.29) is 6.10 Å². The van der Waals surface area contributed by atoms with Crippen LogP contribution in [0, 0.1) is 0 Å². The lowest BCUT2D eigenvalue weighted by molar-refractivity contribution is 0.117. The molecule has 4 nitrogen and oxygen atoms in total. The lowest BCUT2D eigenvalue weighted by Gasteiger charge is -2.10. The lowest BCUT2D eigenvalue weighted by atomic mass is 10.3. The van der Waals surface area contributed by atoms with Gasteiger partial charge in [-0.15, -0.1) is 0 Å². The summed E-state index contributed by atoms with van der Waals surface area (Å²) in [5.41, 5.74) is 2.22. The number of nitrogens with zero attached hydrogens (tertiary/aromatic N) is 2. The lowest BCUT2D eigenvalue weighted by Crippen LogP contribution is -2.26. The zero-order valence-electron chi connectivity index (χ0n) is 10.6. The number of fused-ring (bicyclic) bond motifs is 1. The van der Waals surface area contributed by atoms with Crippen LogP contribution in [0.4, 0.5) is 0 Å². The van der Waals surface area contributed by atoms with Gasteiger partial charge >= 0.3 is 0 Å². The predicted octanol–water partition coefficient (Wildman–Crippen LogP) is 1.70. The van der Waals surface area contributed by atoms with Gasteiger partial charge in [0.25, 0.3) is 0 Å². The van der Waals surface area contributed by atoms with Gasteiger partial charge in [-0.05, 0) is 19.1 Å². The number of rotatable bonds is 5. The van der Waals surface area contributed by atoms with Gasteiger partial charge < -0.3 is 14.6 Å². The Balaban J connectivity index is 2.06. The topological polar surface area (TPSA) is 39.1 Å². The van der Waals surface area contributed by atoms with Crippen LogP contribution in [0.2, 0.25) is 0 Å². The second-order valence-electron chi connectivity index (χ2n) is 4.25. The van der Waals surface area contributed by atoms with E-state index < -0.39 is 0 Å². The maximum atomic E-state index is 5.19. The molecule has 0 aliphatic carbocycles. The summed E-state index contributed by atoms with van der Waals surface area (Å²) in [6.07, 6.45) is 0.227. The molecule has 2 rings (SSSR count). The summed E-state index contributed by atoms with van der Waals surface area (Å²) in [5.74, 6) is 1.05. The second kappa shape index (κ2) is 5.29. The van der Waals surface area contributed by atoms with Crippen molar-refractivity contribution in [1.82, 2.24) is 14.9 Å². The van der Waals surface area contributed by atoms with Crippen LogP contribution in [-0.2, 0) is 18.3 Å². The Labute approximate surface area is 102 Å². The zero-order chi connectivity index (χ0) is 12.3. The normalized spacial score (nSPS) is 13.1. The Morgan fingerprint density at radius 2 is 2.18 bits per heavy atom. The van der Waals surface area contributed by atoms with E-state index in [1.165, 1.54) is 5.52 Å². The van der Waals surface area contributed by atoms with Gasteiger partial charge in [-0.25, -0.2) is 4.98 Å². The smallest absolute Gasteiger partial charge is 0.123 e. The first-order chi connectivity index (χ1) is 8.22. The van der Waals surface area contributed by atoms with Crippen LogP contribution in [0.5, 0.6) is 0 Å². The Bertz CT molecular complexity index is 492. The zero-order valence-corrected chi connectivity index (χ0v) is 10.6. The molecule has 0 bridgehead atoms. The van der Waals surface area contributed by atoms with Crippen LogP contribution in [0.1, 0.15) is 12.7 Å². The largest absolute Gasteiger partial charge is 0.380 e. The van der Waals surface area contributed by atoms with Gasteiger partial charge in [-0.2, -0.15) is 0 Å². The van der Waals surface area contributed by atoms with E-state index in [2.05, 4.69) is 20.9 Å². The minimum Gasteiger partial charge on any atom is -0.380 e. The SMILES string of the molecule is COC(C)CNCc1nc2ccccc2n1C. The fourth-order valence-electron chi connectivity index (χ4n) is 1.82. The van der Waals surface area contributed by atoms with Crippen molar-refractivity contribution in [2.24, 2.45) is 7.05 Å². The molecule has 1 heterocycles. The Morgan fingerprint density at radius 1 is 1.41 bits per heavy atom. The molecule has 0 spiro atoms. The van der Waals surface area contributed by atoms with Crippen LogP contribution in [-0.4, -0.2) is 29.3 Å². The molecular weight excluding hydrogens is 214 g/mol. The Morgan fingerprint density at radius 3 is 2.88 bits per heavy atom. The molecule has 1 aromatic heterocycles. The average Bonchev–Trinajstić information content (AvgIpc) is 2.67. The standard InChI is InChI=1S/C13H19N3O/c1-10(17-3)8-14-9-13-15-11-6-4-5-7-12(11)16(13)2/h4-7,10,14H,8-9H2,1-3H3. The number of nitrogens with one attached hydrogen (secondary N) is 1. The summed E-state index contributed by atoms with van der Waals surface area (Å²) in [4.78, 5) is 4.59. The Hall–Kier alpha value is -1.39. The number of hydrogen-bond donors (Lipinski definition) is 1. The summed E-state index contributed by atoms with van der Waals surface area (Å²) in [6, 6.07) is 8.17. The summed E-state index contributed by atoms with van der Waals surface area (Å²) in [5, 5.41) is 3.35. The summed E-state index contributed by atoms with van der Waals surface area (Å²) in [7, 11) is 3.77. The highest BCUT2D eigenvalue weighted by molar-refractivity contribution is 5.75. The predicted molar refractivity (Wildman–Crippen MR) is 68.9 cm³/mol. The van der Waals surface area contributed by atoms with Gasteiger partial charge in [0, 0.05) is 20.7 Å². The monoisotopic (exact) mass is 233 g/mol. The molecule has 0 fully saturated rings. The van der Waals surface area contributed by atoms with Crippen molar-refractivity contribution in [3.05, 3.63) is 30.1 Å². The molecule has 2 aromatic rings. The summed E-state index contributed by atoms with van der Waals surface area (Å²) in [6.45, 7) is 3.64. The van der Waals surface area contributed by atoms with Crippen molar-refractivity contribution in [1.29, 1.82) is 0 Å². The van der Waals surface area contributed by atoms with Gasteiger partial charge in [0.2, 0.25) is 0 Å². The Kier molecular flexibility index (Phi) is 3.76. The summed E-state index contributed by atoms with van der Waals surface area (Å²) < 4.78 is 7.31. The van der Waals surface area contributed by atoms with Crippen molar-refractivity contribution >= 4 is 11.0 Å². The molecule has 1 N–H and O–H groups in total. The number of methoxy groups -OCH3 is 1. The van der Waals surface area contributed by atoms with Crippen LogP contribution in [0.15, 0.2) is 24.3 Å². The van der Waals surface area contributed by atoms with E-state index >= 15 is 0 Å². The highest BCUT2D eigenvalue weighted by Crippen LogP contribution is 2.13. The number of hydrogen-bond acceptors (Lipinski definition) is 3. The van der Waals surface area contributed by atoms with E-state index in [9.17, 15) is 0 Å². The minimum atomic E-state index is 0.227. The van der Waals surface area contributed by atoms with Crippen LogP contribution < -0.4 is 5.32 Å². The quantitative estimate of drug-likeness (QED) is 0.854. The van der Waals surface area contributed by atoms with E-state index in [0.29, 0.717) is 0 Å². The van der Waals surface area contributed by atoms with Gasteiger partial charge in [0.1, 0.15) is 5.82 Å². The number of aryl methyl sites for hydroxylation is 1. The molecule has 0 saturated carbocycles. The molecular formula is C13H19N3O. The molecule has 4 heteroatoms. The third-order valence-corrected chi connectivity index (χ3v) is 3.00. The van der Waals surface area contributed by atoms with Gasteiger partial charge in [-0.1, -0.05) is 12.1 Å². The molecule has 1 unspecified atom stereocenters. The molecule has 0 amide bonds. The third kappa shape index (κ3) is 2.65. The van der Waals surface area contributed by atoms with E-state index in [0.717, 1.165) is 24.4 Å². The molecule has 0 radical (unpaired) electrons. The van der Waals surface area contributed by atoms with Crippen molar-refractivity contribution in [2.45, 2.75) is 19.6 Å². The maximum Gasteiger partial charge on any atom is 0.123 e. The number of para-hydroxylation sites is 2.